The smallest absolute Gasteiger partial charge is 0.352 e. The molecular formula is C14H16N2O2. The van der Waals surface area contributed by atoms with Crippen LogP contribution in [0.2, 0.25) is 0 Å². The number of hydrogen-bond donors (Lipinski definition) is 1. The van der Waals surface area contributed by atoms with Gasteiger partial charge < -0.3 is 4.74 Å². The van der Waals surface area contributed by atoms with Crippen LogP contribution in [0.3, 0.4) is 0 Å². The number of carbonyl (C=O) groups is 1. The second kappa shape index (κ2) is 4.72. The van der Waals surface area contributed by atoms with Crippen molar-refractivity contribution in [2.24, 2.45) is 4.99 Å². The summed E-state index contributed by atoms with van der Waals surface area (Å²) < 4.78 is 4.92. The zero-order chi connectivity index (χ0) is 13.3. The SMILES string of the molecule is CC(C)=Nc1ccc(C)cc1C1COC(=O)C1=N. The van der Waals surface area contributed by atoms with Gasteiger partial charge in [-0.15, -0.1) is 0 Å². The number of ether oxygens (including phenoxy) is 1. The van der Waals surface area contributed by atoms with E-state index in [9.17, 15) is 4.79 Å². The zero-order valence-corrected chi connectivity index (χ0v) is 10.8. The summed E-state index contributed by atoms with van der Waals surface area (Å²) in [4.78, 5) is 15.8. The lowest BCUT2D eigenvalue weighted by Gasteiger charge is -2.12. The minimum Gasteiger partial charge on any atom is -0.460 e. The standard InChI is InChI=1S/C14H16N2O2/c1-8(2)16-12-5-4-9(3)6-10(12)11-7-18-14(17)13(11)15/h4-6,11,15H,7H2,1-3H3. The summed E-state index contributed by atoms with van der Waals surface area (Å²) in [6.45, 7) is 6.07. The van der Waals surface area contributed by atoms with Gasteiger partial charge in [-0.3, -0.25) is 10.4 Å². The number of nitrogens with zero attached hydrogens (tertiary/aromatic N) is 1. The molecule has 1 atom stereocenters. The predicted molar refractivity (Wildman–Crippen MR) is 71.0 cm³/mol. The molecule has 0 saturated carbocycles. The van der Waals surface area contributed by atoms with Crippen LogP contribution in [0, 0.1) is 12.3 Å². The van der Waals surface area contributed by atoms with Gasteiger partial charge in [-0.1, -0.05) is 17.7 Å². The highest BCUT2D eigenvalue weighted by Crippen LogP contribution is 2.32. The van der Waals surface area contributed by atoms with Gasteiger partial charge in [0.25, 0.3) is 0 Å². The van der Waals surface area contributed by atoms with Crippen LogP contribution in [-0.2, 0) is 9.53 Å². The van der Waals surface area contributed by atoms with Gasteiger partial charge in [0, 0.05) is 5.71 Å². The minimum absolute atomic E-state index is 0.0193. The lowest BCUT2D eigenvalue weighted by atomic mass is 9.93. The molecule has 1 heterocycles. The normalized spacial score (nSPS) is 18.7. The second-order valence-electron chi connectivity index (χ2n) is 4.69. The Morgan fingerprint density at radius 3 is 2.72 bits per heavy atom. The molecule has 0 aromatic heterocycles. The molecule has 1 saturated heterocycles. The molecule has 1 aromatic carbocycles. The topological polar surface area (TPSA) is 62.5 Å². The third kappa shape index (κ3) is 2.32. The molecule has 0 aliphatic carbocycles. The molecule has 0 bridgehead atoms. The first kappa shape index (κ1) is 12.5. The van der Waals surface area contributed by atoms with Crippen LogP contribution in [0.15, 0.2) is 23.2 Å². The molecule has 1 aliphatic rings. The fraction of sp³-hybridized carbons (Fsp3) is 0.357. The molecule has 4 nitrogen and oxygen atoms in total. The Balaban J connectivity index is 2.49. The summed E-state index contributed by atoms with van der Waals surface area (Å²) >= 11 is 0. The molecule has 1 fully saturated rings. The monoisotopic (exact) mass is 244 g/mol. The molecule has 1 aliphatic heterocycles. The van der Waals surface area contributed by atoms with Gasteiger partial charge in [-0.25, -0.2) is 4.79 Å². The molecule has 0 amide bonds. The number of hydrogen-bond acceptors (Lipinski definition) is 4. The number of esters is 1. The van der Waals surface area contributed by atoms with Crippen molar-refractivity contribution >= 4 is 23.1 Å². The quantitative estimate of drug-likeness (QED) is 0.642. The van der Waals surface area contributed by atoms with E-state index in [1.807, 2.05) is 39.0 Å². The maximum Gasteiger partial charge on any atom is 0.352 e. The molecule has 94 valence electrons. The van der Waals surface area contributed by atoms with Crippen LogP contribution in [0.1, 0.15) is 30.9 Å². The van der Waals surface area contributed by atoms with E-state index in [0.29, 0.717) is 0 Å². The molecule has 0 spiro atoms. The van der Waals surface area contributed by atoms with E-state index in [0.717, 1.165) is 22.5 Å². The van der Waals surface area contributed by atoms with Gasteiger partial charge in [0.1, 0.15) is 12.3 Å². The summed E-state index contributed by atoms with van der Waals surface area (Å²) in [5, 5.41) is 7.78. The Morgan fingerprint density at radius 1 is 1.44 bits per heavy atom. The van der Waals surface area contributed by atoms with Crippen molar-refractivity contribution in [3.63, 3.8) is 0 Å². The van der Waals surface area contributed by atoms with Gasteiger partial charge in [-0.05, 0) is 32.4 Å². The third-order valence-electron chi connectivity index (χ3n) is 2.85. The molecule has 2 rings (SSSR count). The van der Waals surface area contributed by atoms with E-state index < -0.39 is 5.97 Å². The largest absolute Gasteiger partial charge is 0.460 e. The van der Waals surface area contributed by atoms with Gasteiger partial charge in [0.15, 0.2) is 0 Å². The Morgan fingerprint density at radius 2 is 2.17 bits per heavy atom. The van der Waals surface area contributed by atoms with Crippen LogP contribution in [0.5, 0.6) is 0 Å². The Hall–Kier alpha value is -1.97. The molecule has 0 radical (unpaired) electrons. The van der Waals surface area contributed by atoms with Crippen LogP contribution >= 0.6 is 0 Å². The van der Waals surface area contributed by atoms with E-state index in [1.165, 1.54) is 0 Å². The number of cyclic esters (lactones) is 1. The maximum atomic E-state index is 11.3. The van der Waals surface area contributed by atoms with Crippen LogP contribution < -0.4 is 0 Å². The highest BCUT2D eigenvalue weighted by molar-refractivity contribution is 6.39. The van der Waals surface area contributed by atoms with E-state index >= 15 is 0 Å². The van der Waals surface area contributed by atoms with Crippen molar-refractivity contribution in [1.29, 1.82) is 5.41 Å². The van der Waals surface area contributed by atoms with Crippen molar-refractivity contribution in [1.82, 2.24) is 0 Å². The van der Waals surface area contributed by atoms with Gasteiger partial charge >= 0.3 is 5.97 Å². The first-order valence-corrected chi connectivity index (χ1v) is 5.87. The van der Waals surface area contributed by atoms with Crippen LogP contribution in [0.4, 0.5) is 5.69 Å². The average Bonchev–Trinajstić information content (AvgIpc) is 2.62. The first-order valence-electron chi connectivity index (χ1n) is 5.87. The predicted octanol–water partition coefficient (Wildman–Crippen LogP) is 2.77. The summed E-state index contributed by atoms with van der Waals surface area (Å²) in [7, 11) is 0. The van der Waals surface area contributed by atoms with Gasteiger partial charge in [0.2, 0.25) is 0 Å². The van der Waals surface area contributed by atoms with Gasteiger partial charge in [0.05, 0.1) is 11.6 Å². The number of aryl methyl sites for hydroxylation is 1. The number of benzene rings is 1. The molecule has 1 unspecified atom stereocenters. The van der Waals surface area contributed by atoms with Crippen LogP contribution in [-0.4, -0.2) is 24.0 Å². The van der Waals surface area contributed by atoms with E-state index in [1.54, 1.807) is 0 Å². The van der Waals surface area contributed by atoms with Crippen molar-refractivity contribution in [3.8, 4) is 0 Å². The molecule has 1 aromatic rings. The van der Waals surface area contributed by atoms with E-state index in [4.69, 9.17) is 10.1 Å². The minimum atomic E-state index is -0.523. The number of nitrogens with one attached hydrogen (secondary N) is 1. The van der Waals surface area contributed by atoms with Crippen molar-refractivity contribution in [2.75, 3.05) is 6.61 Å². The molecule has 18 heavy (non-hydrogen) atoms. The number of carbonyl (C=O) groups excluding carboxylic acids is 1. The van der Waals surface area contributed by atoms with Gasteiger partial charge in [-0.2, -0.15) is 0 Å². The highest BCUT2D eigenvalue weighted by atomic mass is 16.5. The average molecular weight is 244 g/mol. The Labute approximate surface area is 106 Å². The van der Waals surface area contributed by atoms with E-state index in [2.05, 4.69) is 4.99 Å². The Kier molecular flexibility index (Phi) is 3.28. The summed E-state index contributed by atoms with van der Waals surface area (Å²) in [5.41, 5.74) is 3.76. The highest BCUT2D eigenvalue weighted by Gasteiger charge is 2.33. The summed E-state index contributed by atoms with van der Waals surface area (Å²) in [5.74, 6) is -0.819. The van der Waals surface area contributed by atoms with Crippen molar-refractivity contribution < 1.29 is 9.53 Å². The maximum absolute atomic E-state index is 11.3. The fourth-order valence-corrected chi connectivity index (χ4v) is 2.00. The second-order valence-corrected chi connectivity index (χ2v) is 4.69. The fourth-order valence-electron chi connectivity index (χ4n) is 2.00. The summed E-state index contributed by atoms with van der Waals surface area (Å²) in [6, 6.07) is 5.88. The molecule has 1 N–H and O–H groups in total. The van der Waals surface area contributed by atoms with Crippen molar-refractivity contribution in [3.05, 3.63) is 29.3 Å². The third-order valence-corrected chi connectivity index (χ3v) is 2.85. The summed E-state index contributed by atoms with van der Waals surface area (Å²) in [6.07, 6.45) is 0. The molecular weight excluding hydrogens is 228 g/mol. The van der Waals surface area contributed by atoms with E-state index in [-0.39, 0.29) is 18.2 Å². The molecule has 4 heteroatoms. The van der Waals surface area contributed by atoms with Crippen LogP contribution in [0.25, 0.3) is 0 Å². The Bertz CT molecular complexity index is 543. The number of rotatable bonds is 2. The zero-order valence-electron chi connectivity index (χ0n) is 10.8. The number of aliphatic imine (C=N–C) groups is 1. The lowest BCUT2D eigenvalue weighted by Crippen LogP contribution is -2.12. The van der Waals surface area contributed by atoms with Crippen molar-refractivity contribution in [2.45, 2.75) is 26.7 Å². The first-order chi connectivity index (χ1) is 8.49. The lowest BCUT2D eigenvalue weighted by molar-refractivity contribution is -0.132.